The van der Waals surface area contributed by atoms with Crippen molar-refractivity contribution in [2.24, 2.45) is 5.92 Å². The first kappa shape index (κ1) is 33.1. The van der Waals surface area contributed by atoms with Gasteiger partial charge in [-0.3, -0.25) is 0 Å². The van der Waals surface area contributed by atoms with Crippen LogP contribution >= 0.6 is 0 Å². The number of fused-ring (bicyclic) bond motifs is 2. The fourth-order valence-corrected chi connectivity index (χ4v) is 13.3. The van der Waals surface area contributed by atoms with Crippen LogP contribution in [0.1, 0.15) is 121 Å². The molecule has 0 aliphatic heterocycles. The summed E-state index contributed by atoms with van der Waals surface area (Å²) in [6.45, 7) is 18.7. The van der Waals surface area contributed by atoms with E-state index in [2.05, 4.69) is 153 Å². The lowest BCUT2D eigenvalue weighted by atomic mass is 9.86. The maximum absolute atomic E-state index is 2.51. The van der Waals surface area contributed by atoms with Gasteiger partial charge in [-0.1, -0.05) is 180 Å². The molecule has 1 fully saturated rings. The van der Waals surface area contributed by atoms with Gasteiger partial charge in [-0.25, -0.2) is 0 Å². The number of hydrogen-bond donors (Lipinski definition) is 0. The van der Waals surface area contributed by atoms with Gasteiger partial charge in [-0.15, -0.1) is 0 Å². The third-order valence-electron chi connectivity index (χ3n) is 11.4. The molecule has 246 valence electrons. The van der Waals surface area contributed by atoms with E-state index in [0.29, 0.717) is 0 Å². The van der Waals surface area contributed by atoms with Crippen LogP contribution in [0.25, 0.3) is 32.6 Å². The number of benzene rings is 4. The summed E-state index contributed by atoms with van der Waals surface area (Å²) in [5, 5.41) is 3.39. The molecule has 0 bridgehead atoms. The second-order valence-electron chi connectivity index (χ2n) is 17.0. The molecule has 4 aromatic rings. The molecule has 3 aliphatic carbocycles. The smallest absolute Gasteiger partial charge is 0.0649 e. The standard InChI is InChI=1S/C47H54Si/c1-31-28-36-16-12-18-40(34-20-24-38(25-21-34)46(3,4)5)42(36)44(31)48(30-33-14-10-9-11-15-33)45-32(2)29-37-17-13-19-41(43(37)45)35-22-26-39(27-23-35)47(6,7)8/h12-13,16-29,33,48H,9-11,14-15,30H2,1-8H3. The largest absolute Gasteiger partial charge is 0.104 e. The molecule has 1 heteroatoms. The van der Waals surface area contributed by atoms with Gasteiger partial charge < -0.3 is 0 Å². The van der Waals surface area contributed by atoms with E-state index >= 15 is 0 Å². The SMILES string of the molecule is CC1=C([SiH](CC2CCCCC2)C2=C(C)[CH]c3cccc(-c4ccc(C(C)(C)C)cc4)c32)c2c(cccc2-c2ccc(C(C)(C)C)cc2)[CH]1. The highest BCUT2D eigenvalue weighted by molar-refractivity contribution is 6.95. The Morgan fingerprint density at radius 2 is 0.958 bits per heavy atom. The van der Waals surface area contributed by atoms with Crippen molar-refractivity contribution in [3.05, 3.63) is 142 Å². The van der Waals surface area contributed by atoms with Crippen LogP contribution in [0.2, 0.25) is 6.04 Å². The molecule has 0 heterocycles. The normalized spacial score (nSPS) is 17.0. The summed E-state index contributed by atoms with van der Waals surface area (Å²) in [5.74, 6) is 0.820. The highest BCUT2D eigenvalue weighted by atomic mass is 28.3. The summed E-state index contributed by atoms with van der Waals surface area (Å²) in [5.41, 5.74) is 17.4. The van der Waals surface area contributed by atoms with E-state index in [1.165, 1.54) is 105 Å². The van der Waals surface area contributed by atoms with Gasteiger partial charge in [0.05, 0.1) is 0 Å². The van der Waals surface area contributed by atoms with Crippen molar-refractivity contribution in [1.82, 2.24) is 0 Å². The van der Waals surface area contributed by atoms with Gasteiger partial charge in [0.2, 0.25) is 0 Å². The molecule has 2 radical (unpaired) electrons. The predicted molar refractivity (Wildman–Crippen MR) is 212 cm³/mol. The zero-order valence-electron chi connectivity index (χ0n) is 30.6. The van der Waals surface area contributed by atoms with Gasteiger partial charge in [0.25, 0.3) is 0 Å². The molecule has 48 heavy (non-hydrogen) atoms. The summed E-state index contributed by atoms with van der Waals surface area (Å²) >= 11 is 0. The highest BCUT2D eigenvalue weighted by Crippen LogP contribution is 2.51. The van der Waals surface area contributed by atoms with Crippen LogP contribution in [0.3, 0.4) is 0 Å². The van der Waals surface area contributed by atoms with Crippen molar-refractivity contribution in [2.75, 3.05) is 0 Å². The molecule has 0 saturated heterocycles. The third kappa shape index (κ3) is 6.24. The van der Waals surface area contributed by atoms with E-state index in [1.807, 2.05) is 0 Å². The van der Waals surface area contributed by atoms with Crippen molar-refractivity contribution >= 4 is 19.2 Å². The summed E-state index contributed by atoms with van der Waals surface area (Å²) in [6.07, 6.45) is 12.0. The van der Waals surface area contributed by atoms with Crippen LogP contribution in [0.15, 0.2) is 96.1 Å². The fraction of sp³-hybridized carbons (Fsp3) is 0.362. The molecule has 0 amide bonds. The van der Waals surface area contributed by atoms with Crippen molar-refractivity contribution < 1.29 is 0 Å². The van der Waals surface area contributed by atoms with Crippen LogP contribution in [0.5, 0.6) is 0 Å². The molecule has 0 aromatic heterocycles. The maximum Gasteiger partial charge on any atom is 0.104 e. The first-order valence-electron chi connectivity index (χ1n) is 18.5. The lowest BCUT2D eigenvalue weighted by molar-refractivity contribution is 0.384. The Morgan fingerprint density at radius 1 is 0.542 bits per heavy atom. The van der Waals surface area contributed by atoms with Gasteiger partial charge in [-0.2, -0.15) is 0 Å². The molecule has 0 unspecified atom stereocenters. The fourth-order valence-electron chi connectivity index (χ4n) is 8.81. The molecule has 0 spiro atoms. The maximum atomic E-state index is 2.51. The quantitative estimate of drug-likeness (QED) is 0.183. The van der Waals surface area contributed by atoms with Crippen molar-refractivity contribution in [3.8, 4) is 22.3 Å². The van der Waals surface area contributed by atoms with Gasteiger partial charge in [0, 0.05) is 12.8 Å². The van der Waals surface area contributed by atoms with E-state index < -0.39 is 8.80 Å². The van der Waals surface area contributed by atoms with Crippen LogP contribution in [0.4, 0.5) is 0 Å². The second kappa shape index (κ2) is 12.8. The highest BCUT2D eigenvalue weighted by Gasteiger charge is 2.38. The van der Waals surface area contributed by atoms with Crippen LogP contribution < -0.4 is 0 Å². The molecule has 7 rings (SSSR count). The minimum Gasteiger partial charge on any atom is -0.0649 e. The average Bonchev–Trinajstić information content (AvgIpc) is 3.58. The number of rotatable bonds is 6. The monoisotopic (exact) mass is 646 g/mol. The van der Waals surface area contributed by atoms with Gasteiger partial charge >= 0.3 is 0 Å². The Labute approximate surface area is 293 Å². The lowest BCUT2D eigenvalue weighted by Crippen LogP contribution is -2.24. The molecule has 1 saturated carbocycles. The van der Waals surface area contributed by atoms with E-state index in [9.17, 15) is 0 Å². The zero-order valence-corrected chi connectivity index (χ0v) is 31.8. The Bertz CT molecular complexity index is 1750. The predicted octanol–water partition coefficient (Wildman–Crippen LogP) is 12.9. The molecule has 0 N–H and O–H groups in total. The third-order valence-corrected chi connectivity index (χ3v) is 15.5. The summed E-state index contributed by atoms with van der Waals surface area (Å²) in [7, 11) is -1.68. The summed E-state index contributed by atoms with van der Waals surface area (Å²) < 4.78 is 0. The summed E-state index contributed by atoms with van der Waals surface area (Å²) in [4.78, 5) is 0. The first-order valence-corrected chi connectivity index (χ1v) is 20.5. The Morgan fingerprint density at radius 3 is 1.35 bits per heavy atom. The average molecular weight is 647 g/mol. The molecule has 3 aliphatic rings. The van der Waals surface area contributed by atoms with Gasteiger partial charge in [0.1, 0.15) is 8.80 Å². The Kier molecular flexibility index (Phi) is 8.82. The van der Waals surface area contributed by atoms with Crippen molar-refractivity contribution in [2.45, 2.75) is 104 Å². The van der Waals surface area contributed by atoms with Crippen molar-refractivity contribution in [3.63, 3.8) is 0 Å². The van der Waals surface area contributed by atoms with Crippen LogP contribution in [-0.4, -0.2) is 8.80 Å². The Hall–Kier alpha value is -3.42. The second-order valence-corrected chi connectivity index (χ2v) is 19.7. The summed E-state index contributed by atoms with van der Waals surface area (Å²) in [6, 6.07) is 34.3. The van der Waals surface area contributed by atoms with Crippen LogP contribution in [0, 0.1) is 18.8 Å². The van der Waals surface area contributed by atoms with Crippen LogP contribution in [-0.2, 0) is 10.8 Å². The topological polar surface area (TPSA) is 0 Å². The minimum atomic E-state index is -1.68. The number of hydrogen-bond acceptors (Lipinski definition) is 0. The molecule has 0 atom stereocenters. The first-order chi connectivity index (χ1) is 22.9. The molecular weight excluding hydrogens is 593 g/mol. The lowest BCUT2D eigenvalue weighted by Gasteiger charge is -2.31. The zero-order chi connectivity index (χ0) is 33.8. The molecule has 4 aromatic carbocycles. The van der Waals surface area contributed by atoms with E-state index in [0.717, 1.165) is 5.92 Å². The van der Waals surface area contributed by atoms with E-state index in [4.69, 9.17) is 0 Å². The van der Waals surface area contributed by atoms with Gasteiger partial charge in [0.15, 0.2) is 0 Å². The minimum absolute atomic E-state index is 0.145. The van der Waals surface area contributed by atoms with E-state index in [1.54, 1.807) is 10.4 Å². The number of allylic oxidation sites excluding steroid dienone is 2. The van der Waals surface area contributed by atoms with Crippen molar-refractivity contribution in [1.29, 1.82) is 0 Å². The molecular formula is C47H54Si. The van der Waals surface area contributed by atoms with Gasteiger partial charge in [-0.05, 0) is 92.3 Å². The molecule has 0 nitrogen and oxygen atoms in total. The van der Waals surface area contributed by atoms with E-state index in [-0.39, 0.29) is 10.8 Å². The Balaban J connectivity index is 1.38.